The van der Waals surface area contributed by atoms with Crippen molar-refractivity contribution in [3.63, 3.8) is 0 Å². The predicted molar refractivity (Wildman–Crippen MR) is 70.4 cm³/mol. The van der Waals surface area contributed by atoms with Crippen LogP contribution in [0.5, 0.6) is 0 Å². The Balaban J connectivity index is 2.12. The molecule has 10 heteroatoms. The Morgan fingerprint density at radius 3 is 2.86 bits per heavy atom. The maximum atomic E-state index is 11.7. The van der Waals surface area contributed by atoms with Gasteiger partial charge < -0.3 is 14.5 Å². The number of phosphoric ester groups is 1. The summed E-state index contributed by atoms with van der Waals surface area (Å²) < 4.78 is 21.6. The molecular formula is C11H13N2O7P. The summed E-state index contributed by atoms with van der Waals surface area (Å²) in [6, 6.07) is 0. The molecule has 1 aromatic rings. The molecule has 114 valence electrons. The zero-order chi connectivity index (χ0) is 15.6. The summed E-state index contributed by atoms with van der Waals surface area (Å²) in [5.74, 6) is 2.16. The molecule has 21 heavy (non-hydrogen) atoms. The second-order valence-electron chi connectivity index (χ2n) is 4.43. The van der Waals surface area contributed by atoms with Crippen molar-refractivity contribution in [2.24, 2.45) is 0 Å². The number of ether oxygens (including phenoxy) is 1. The number of hydrogen-bond donors (Lipinski definition) is 3. The van der Waals surface area contributed by atoms with Crippen molar-refractivity contribution in [1.29, 1.82) is 0 Å². The fourth-order valence-electron chi connectivity index (χ4n) is 2.00. The monoisotopic (exact) mass is 316 g/mol. The molecule has 0 spiro atoms. The fourth-order valence-corrected chi connectivity index (χ4v) is 2.36. The van der Waals surface area contributed by atoms with Gasteiger partial charge in [0.25, 0.3) is 5.56 Å². The number of rotatable bonds is 4. The minimum atomic E-state index is -4.56. The number of phosphoric acid groups is 1. The Morgan fingerprint density at radius 1 is 1.52 bits per heavy atom. The zero-order valence-electron chi connectivity index (χ0n) is 10.8. The Labute approximate surface area is 118 Å². The number of nitrogens with one attached hydrogen (secondary N) is 1. The van der Waals surface area contributed by atoms with E-state index in [4.69, 9.17) is 20.9 Å². The molecule has 1 aliphatic rings. The molecule has 0 radical (unpaired) electrons. The van der Waals surface area contributed by atoms with Crippen molar-refractivity contribution >= 4 is 7.82 Å². The molecule has 0 saturated carbocycles. The van der Waals surface area contributed by atoms with Gasteiger partial charge in [0, 0.05) is 6.20 Å². The van der Waals surface area contributed by atoms with Gasteiger partial charge in [-0.1, -0.05) is 5.92 Å². The molecule has 0 unspecified atom stereocenters. The van der Waals surface area contributed by atoms with E-state index in [1.807, 2.05) is 0 Å². The summed E-state index contributed by atoms with van der Waals surface area (Å²) in [6.45, 7) is -0.291. The highest BCUT2D eigenvalue weighted by Crippen LogP contribution is 2.37. The Bertz CT molecular complexity index is 725. The number of terminal acetylenes is 1. The van der Waals surface area contributed by atoms with Gasteiger partial charge in [0.2, 0.25) is 0 Å². The zero-order valence-corrected chi connectivity index (χ0v) is 11.7. The van der Waals surface area contributed by atoms with Gasteiger partial charge in [0.1, 0.15) is 11.8 Å². The molecule has 3 N–H and O–H groups in total. The maximum absolute atomic E-state index is 11.7. The van der Waals surface area contributed by atoms with Gasteiger partial charge >= 0.3 is 13.5 Å². The standard InChI is InChI=1S/C11H13N2O7P/c1-2-7-5-13(11(15)12-10(7)14)9-4-3-8(20-9)6-19-21(16,17)18/h1,5,8-9H,3-4,6H2,(H,12,14,15)(H2,16,17,18)/t8-,9+/m0/s1. The first-order valence-electron chi connectivity index (χ1n) is 5.98. The molecular weight excluding hydrogens is 303 g/mol. The third-order valence-electron chi connectivity index (χ3n) is 2.95. The normalized spacial score (nSPS) is 22.1. The Morgan fingerprint density at radius 2 is 2.24 bits per heavy atom. The second-order valence-corrected chi connectivity index (χ2v) is 5.67. The average molecular weight is 316 g/mol. The van der Waals surface area contributed by atoms with Crippen LogP contribution in [0.15, 0.2) is 15.8 Å². The van der Waals surface area contributed by atoms with Crippen molar-refractivity contribution in [2.45, 2.75) is 25.2 Å². The summed E-state index contributed by atoms with van der Waals surface area (Å²) in [7, 11) is -4.56. The molecule has 0 amide bonds. The predicted octanol–water partition coefficient (Wildman–Crippen LogP) is -0.695. The lowest BCUT2D eigenvalue weighted by molar-refractivity contribution is -0.0244. The van der Waals surface area contributed by atoms with Gasteiger partial charge in [-0.05, 0) is 12.8 Å². The largest absolute Gasteiger partial charge is 0.469 e. The highest BCUT2D eigenvalue weighted by Gasteiger charge is 2.29. The smallest absolute Gasteiger partial charge is 0.352 e. The van der Waals surface area contributed by atoms with E-state index < -0.39 is 31.4 Å². The van der Waals surface area contributed by atoms with Crippen molar-refractivity contribution < 1.29 is 23.6 Å². The summed E-state index contributed by atoms with van der Waals surface area (Å²) in [5.41, 5.74) is -1.33. The van der Waals surface area contributed by atoms with E-state index in [1.54, 1.807) is 0 Å². The average Bonchev–Trinajstić information content (AvgIpc) is 2.84. The van der Waals surface area contributed by atoms with Gasteiger partial charge in [-0.25, -0.2) is 9.36 Å². The van der Waals surface area contributed by atoms with Crippen molar-refractivity contribution in [3.05, 3.63) is 32.6 Å². The highest BCUT2D eigenvalue weighted by molar-refractivity contribution is 7.46. The summed E-state index contributed by atoms with van der Waals surface area (Å²) in [4.78, 5) is 42.4. The van der Waals surface area contributed by atoms with Crippen molar-refractivity contribution in [2.75, 3.05) is 6.61 Å². The molecule has 9 nitrogen and oxygen atoms in total. The van der Waals surface area contributed by atoms with E-state index in [0.717, 1.165) is 4.57 Å². The third kappa shape index (κ3) is 3.91. The van der Waals surface area contributed by atoms with Crippen LogP contribution in [0.3, 0.4) is 0 Å². The number of aromatic amines is 1. The molecule has 2 rings (SSSR count). The molecule has 2 atom stereocenters. The number of aromatic nitrogens is 2. The lowest BCUT2D eigenvalue weighted by Crippen LogP contribution is -2.33. The Kier molecular flexibility index (Phi) is 4.46. The first-order valence-corrected chi connectivity index (χ1v) is 7.51. The number of hydrogen-bond acceptors (Lipinski definition) is 5. The fraction of sp³-hybridized carbons (Fsp3) is 0.455. The minimum Gasteiger partial charge on any atom is -0.352 e. The van der Waals surface area contributed by atoms with Crippen LogP contribution < -0.4 is 11.2 Å². The maximum Gasteiger partial charge on any atom is 0.469 e. The Hall–Kier alpha value is -1.69. The molecule has 1 aromatic heterocycles. The van der Waals surface area contributed by atoms with Crippen LogP contribution in [0.25, 0.3) is 0 Å². The third-order valence-corrected chi connectivity index (χ3v) is 3.43. The van der Waals surface area contributed by atoms with Crippen LogP contribution in [0.2, 0.25) is 0 Å². The van der Waals surface area contributed by atoms with Crippen LogP contribution in [-0.2, 0) is 13.8 Å². The quantitative estimate of drug-likeness (QED) is 0.494. The lowest BCUT2D eigenvalue weighted by Gasteiger charge is -2.16. The minimum absolute atomic E-state index is 0.00637. The van der Waals surface area contributed by atoms with Gasteiger partial charge in [-0.3, -0.25) is 18.9 Å². The lowest BCUT2D eigenvalue weighted by atomic mass is 10.2. The first kappa shape index (κ1) is 15.7. The first-order chi connectivity index (χ1) is 9.80. The molecule has 1 aliphatic heterocycles. The van der Waals surface area contributed by atoms with Crippen LogP contribution in [0, 0.1) is 12.3 Å². The molecule has 0 aromatic carbocycles. The molecule has 0 bridgehead atoms. The number of H-pyrrole nitrogens is 1. The highest BCUT2D eigenvalue weighted by atomic mass is 31.2. The van der Waals surface area contributed by atoms with E-state index in [2.05, 4.69) is 15.4 Å². The van der Waals surface area contributed by atoms with E-state index in [-0.39, 0.29) is 12.2 Å². The van der Waals surface area contributed by atoms with Gasteiger partial charge in [-0.2, -0.15) is 0 Å². The summed E-state index contributed by atoms with van der Waals surface area (Å²) in [6.07, 6.45) is 6.01. The van der Waals surface area contributed by atoms with Crippen LogP contribution in [0.4, 0.5) is 0 Å². The summed E-state index contributed by atoms with van der Waals surface area (Å²) >= 11 is 0. The van der Waals surface area contributed by atoms with Crippen molar-refractivity contribution in [3.8, 4) is 12.3 Å². The molecule has 1 saturated heterocycles. The van der Waals surface area contributed by atoms with Crippen LogP contribution in [-0.4, -0.2) is 32.0 Å². The van der Waals surface area contributed by atoms with E-state index in [0.29, 0.717) is 12.8 Å². The van der Waals surface area contributed by atoms with E-state index in [1.165, 1.54) is 6.20 Å². The van der Waals surface area contributed by atoms with Crippen molar-refractivity contribution in [1.82, 2.24) is 9.55 Å². The van der Waals surface area contributed by atoms with Gasteiger partial charge in [-0.15, -0.1) is 6.42 Å². The van der Waals surface area contributed by atoms with Gasteiger partial charge in [0.15, 0.2) is 0 Å². The molecule has 1 fully saturated rings. The summed E-state index contributed by atoms with van der Waals surface area (Å²) in [5, 5.41) is 0. The van der Waals surface area contributed by atoms with Crippen LogP contribution in [0.1, 0.15) is 24.6 Å². The molecule has 2 heterocycles. The topological polar surface area (TPSA) is 131 Å². The van der Waals surface area contributed by atoms with Gasteiger partial charge in [0.05, 0.1) is 12.7 Å². The SMILES string of the molecule is C#Cc1cn([C@H]2CC[C@@H](COP(=O)(O)O)O2)c(=O)[nH]c1=O. The van der Waals surface area contributed by atoms with Crippen LogP contribution >= 0.6 is 7.82 Å². The van der Waals surface area contributed by atoms with E-state index in [9.17, 15) is 14.2 Å². The van der Waals surface area contributed by atoms with E-state index >= 15 is 0 Å². The number of nitrogens with zero attached hydrogens (tertiary/aromatic N) is 1. The second kappa shape index (κ2) is 5.97. The molecule has 0 aliphatic carbocycles.